The number of hydrogen-bond acceptors (Lipinski definition) is 6. The van der Waals surface area contributed by atoms with Gasteiger partial charge in [-0.15, -0.1) is 0 Å². The van der Waals surface area contributed by atoms with Crippen LogP contribution in [0.3, 0.4) is 0 Å². The van der Waals surface area contributed by atoms with E-state index in [1.54, 1.807) is 0 Å². The van der Waals surface area contributed by atoms with E-state index < -0.39 is 12.3 Å². The molecule has 7 nitrogen and oxygen atoms in total. The van der Waals surface area contributed by atoms with Gasteiger partial charge in [-0.3, -0.25) is 4.79 Å². The van der Waals surface area contributed by atoms with Crippen molar-refractivity contribution in [1.29, 1.82) is 0 Å². The molecule has 174 valence electrons. The monoisotopic (exact) mass is 468 g/mol. The number of amidine groups is 1. The summed E-state index contributed by atoms with van der Waals surface area (Å²) in [6, 6.07) is 11.8. The molecule has 0 spiro atoms. The third kappa shape index (κ3) is 5.11. The minimum Gasteiger partial charge on any atom is -0.373 e. The Hall–Kier alpha value is -2.74. The van der Waals surface area contributed by atoms with Crippen molar-refractivity contribution in [3.05, 3.63) is 58.1 Å². The molecule has 0 aliphatic carbocycles. The number of halogens is 1. The molecule has 0 saturated carbocycles. The predicted octanol–water partition coefficient (Wildman–Crippen LogP) is 3.94. The van der Waals surface area contributed by atoms with Gasteiger partial charge in [0.2, 0.25) is 6.35 Å². The molecule has 2 aromatic carbocycles. The zero-order chi connectivity index (χ0) is 23.7. The number of aliphatic imine (C=N–C) groups is 2. The Morgan fingerprint density at radius 2 is 1.97 bits per heavy atom. The molecule has 33 heavy (non-hydrogen) atoms. The molecule has 2 atom stereocenters. The number of ether oxygens (including phenoxy) is 1. The smallest absolute Gasteiger partial charge is 0.277 e. The molecular formula is C25H29ClN4O3. The topological polar surface area (TPSA) is 86.5 Å². The highest BCUT2D eigenvalue weighted by atomic mass is 35.5. The molecule has 2 heterocycles. The van der Waals surface area contributed by atoms with Gasteiger partial charge in [-0.2, -0.15) is 0 Å². The van der Waals surface area contributed by atoms with Gasteiger partial charge in [-0.1, -0.05) is 30.7 Å². The van der Waals surface area contributed by atoms with E-state index in [1.165, 1.54) is 5.56 Å². The van der Waals surface area contributed by atoms with Gasteiger partial charge in [-0.05, 0) is 68.1 Å². The fourth-order valence-electron chi connectivity index (χ4n) is 4.25. The van der Waals surface area contributed by atoms with Crippen molar-refractivity contribution < 1.29 is 14.6 Å². The van der Waals surface area contributed by atoms with E-state index in [0.29, 0.717) is 29.5 Å². The quantitative estimate of drug-likeness (QED) is 0.644. The summed E-state index contributed by atoms with van der Waals surface area (Å²) < 4.78 is 6.28. The zero-order valence-corrected chi connectivity index (χ0v) is 20.1. The normalized spacial score (nSPS) is 18.3. The maximum absolute atomic E-state index is 12.6. The first kappa shape index (κ1) is 23.4. The van der Waals surface area contributed by atoms with E-state index in [1.807, 2.05) is 49.1 Å². The maximum atomic E-state index is 12.6. The summed E-state index contributed by atoms with van der Waals surface area (Å²) in [4.78, 5) is 23.5. The molecular weight excluding hydrogens is 440 g/mol. The number of hydrogen-bond donors (Lipinski definition) is 2. The molecule has 0 bridgehead atoms. The molecule has 0 radical (unpaired) electrons. The average Bonchev–Trinajstić information content (AvgIpc) is 2.75. The molecule has 2 aliphatic heterocycles. The number of aryl methyl sites for hydroxylation is 2. The summed E-state index contributed by atoms with van der Waals surface area (Å²) in [5.74, 6) is -0.0864. The van der Waals surface area contributed by atoms with Crippen LogP contribution in [0, 0.1) is 6.92 Å². The fraction of sp³-hybridized carbons (Fsp3) is 0.400. The standard InChI is InChI=1S/C25H29ClN4O3/c1-5-17-12-20-21(10-15(17)4)30(23-22(27-20)24(31)29-25(32)28-23)13-19(33-14(2)3)11-16-6-8-18(26)9-7-16/h6-10,12,14,19,25,32H,5,11,13H2,1-4H3,(H,29,31). The van der Waals surface area contributed by atoms with Gasteiger partial charge in [0.25, 0.3) is 5.91 Å². The van der Waals surface area contributed by atoms with Gasteiger partial charge in [-0.25, -0.2) is 9.98 Å². The van der Waals surface area contributed by atoms with E-state index >= 15 is 0 Å². The number of carbonyl (C=O) groups is 1. The van der Waals surface area contributed by atoms with E-state index in [0.717, 1.165) is 23.2 Å². The largest absolute Gasteiger partial charge is 0.373 e. The lowest BCUT2D eigenvalue weighted by Gasteiger charge is -2.37. The minimum atomic E-state index is -1.31. The van der Waals surface area contributed by atoms with Crippen LogP contribution in [0.5, 0.6) is 0 Å². The van der Waals surface area contributed by atoms with Crippen LogP contribution in [0.4, 0.5) is 11.4 Å². The molecule has 0 aromatic heterocycles. The van der Waals surface area contributed by atoms with Crippen LogP contribution >= 0.6 is 11.6 Å². The summed E-state index contributed by atoms with van der Waals surface area (Å²) >= 11 is 6.06. The van der Waals surface area contributed by atoms with Crippen LogP contribution in [0.1, 0.15) is 37.5 Å². The lowest BCUT2D eigenvalue weighted by atomic mass is 10.0. The lowest BCUT2D eigenvalue weighted by molar-refractivity contribution is -0.117. The van der Waals surface area contributed by atoms with Crippen LogP contribution in [0.25, 0.3) is 0 Å². The molecule has 8 heteroatoms. The van der Waals surface area contributed by atoms with Crippen LogP contribution in [0.15, 0.2) is 46.4 Å². The second-order valence-electron chi connectivity index (χ2n) is 8.63. The number of amides is 1. The van der Waals surface area contributed by atoms with Crippen molar-refractivity contribution in [2.75, 3.05) is 11.4 Å². The Labute approximate surface area is 199 Å². The first-order valence-corrected chi connectivity index (χ1v) is 11.6. The van der Waals surface area contributed by atoms with E-state index in [2.05, 4.69) is 35.2 Å². The SMILES string of the molecule is CCc1cc2c(cc1C)N(CC(Cc1ccc(Cl)cc1)OC(C)C)C1=NC(O)NC(=O)C1=N2. The number of nitrogens with zero attached hydrogens (tertiary/aromatic N) is 3. The average molecular weight is 469 g/mol. The number of fused-ring (bicyclic) bond motifs is 2. The van der Waals surface area contributed by atoms with Crippen LogP contribution in [0.2, 0.25) is 5.02 Å². The summed E-state index contributed by atoms with van der Waals surface area (Å²) in [5, 5.41) is 13.2. The van der Waals surface area contributed by atoms with Gasteiger partial charge in [0.1, 0.15) is 0 Å². The van der Waals surface area contributed by atoms with Crippen molar-refractivity contribution in [3.63, 3.8) is 0 Å². The van der Waals surface area contributed by atoms with Crippen molar-refractivity contribution >= 4 is 40.4 Å². The van der Waals surface area contributed by atoms with Crippen LogP contribution in [-0.2, 0) is 22.4 Å². The van der Waals surface area contributed by atoms with Crippen molar-refractivity contribution in [3.8, 4) is 0 Å². The fourth-order valence-corrected chi connectivity index (χ4v) is 4.38. The first-order chi connectivity index (χ1) is 15.7. The molecule has 1 amide bonds. The number of carbonyl (C=O) groups excluding carboxylic acids is 1. The third-order valence-electron chi connectivity index (χ3n) is 5.75. The number of nitrogens with one attached hydrogen (secondary N) is 1. The molecule has 0 saturated heterocycles. The first-order valence-electron chi connectivity index (χ1n) is 11.2. The zero-order valence-electron chi connectivity index (χ0n) is 19.3. The number of aliphatic hydroxyl groups excluding tert-OH is 1. The summed E-state index contributed by atoms with van der Waals surface area (Å²) in [6.07, 6.45) is 0.0143. The Morgan fingerprint density at radius 1 is 1.24 bits per heavy atom. The predicted molar refractivity (Wildman–Crippen MR) is 132 cm³/mol. The molecule has 2 aromatic rings. The van der Waals surface area contributed by atoms with E-state index in [9.17, 15) is 9.90 Å². The van der Waals surface area contributed by atoms with Crippen molar-refractivity contribution in [2.24, 2.45) is 9.98 Å². The summed E-state index contributed by atoms with van der Waals surface area (Å²) in [6.45, 7) is 8.60. The van der Waals surface area contributed by atoms with Gasteiger partial charge in [0.05, 0.1) is 30.1 Å². The molecule has 2 aliphatic rings. The highest BCUT2D eigenvalue weighted by molar-refractivity contribution is 6.70. The Morgan fingerprint density at radius 3 is 2.64 bits per heavy atom. The number of rotatable bonds is 7. The number of benzene rings is 2. The highest BCUT2D eigenvalue weighted by Gasteiger charge is 2.36. The molecule has 2 N–H and O–H groups in total. The molecule has 2 unspecified atom stereocenters. The Kier molecular flexibility index (Phi) is 6.83. The summed E-state index contributed by atoms with van der Waals surface area (Å²) in [5.41, 5.74) is 5.17. The second-order valence-corrected chi connectivity index (χ2v) is 9.07. The van der Waals surface area contributed by atoms with Crippen molar-refractivity contribution in [2.45, 2.75) is 59.1 Å². The van der Waals surface area contributed by atoms with E-state index in [4.69, 9.17) is 16.3 Å². The van der Waals surface area contributed by atoms with Crippen LogP contribution in [-0.4, -0.2) is 47.7 Å². The van der Waals surface area contributed by atoms with Gasteiger partial charge in [0, 0.05) is 11.4 Å². The Balaban J connectivity index is 1.75. The minimum absolute atomic E-state index is 0.00563. The third-order valence-corrected chi connectivity index (χ3v) is 6.00. The number of anilines is 1. The Bertz CT molecular complexity index is 1110. The summed E-state index contributed by atoms with van der Waals surface area (Å²) in [7, 11) is 0. The van der Waals surface area contributed by atoms with E-state index in [-0.39, 0.29) is 17.9 Å². The molecule has 0 fully saturated rings. The maximum Gasteiger partial charge on any atom is 0.277 e. The number of aliphatic hydroxyl groups is 1. The molecule has 4 rings (SSSR count). The second kappa shape index (κ2) is 9.63. The van der Waals surface area contributed by atoms with Gasteiger partial charge in [0.15, 0.2) is 11.5 Å². The van der Waals surface area contributed by atoms with Gasteiger partial charge >= 0.3 is 0 Å². The highest BCUT2D eigenvalue weighted by Crippen LogP contribution is 2.37. The van der Waals surface area contributed by atoms with Crippen molar-refractivity contribution in [1.82, 2.24) is 5.32 Å². The van der Waals surface area contributed by atoms with Crippen LogP contribution < -0.4 is 10.2 Å². The lowest BCUT2D eigenvalue weighted by Crippen LogP contribution is -2.55. The van der Waals surface area contributed by atoms with Gasteiger partial charge < -0.3 is 20.1 Å².